The number of fused-ring (bicyclic) bond motifs is 3. The van der Waals surface area contributed by atoms with Crippen molar-refractivity contribution in [2.45, 2.75) is 18.9 Å². The normalized spacial score (nSPS) is 15.7. The molecule has 0 aliphatic carbocycles. The first-order chi connectivity index (χ1) is 16.6. The summed E-state index contributed by atoms with van der Waals surface area (Å²) in [5, 5.41) is 14.9. The summed E-state index contributed by atoms with van der Waals surface area (Å²) in [5.41, 5.74) is 2.28. The van der Waals surface area contributed by atoms with Crippen molar-refractivity contribution in [3.63, 3.8) is 0 Å². The van der Waals surface area contributed by atoms with E-state index in [2.05, 4.69) is 27.5 Å². The first kappa shape index (κ1) is 23.2. The van der Waals surface area contributed by atoms with Crippen LogP contribution < -0.4 is 10.6 Å². The van der Waals surface area contributed by atoms with Gasteiger partial charge in [-0.15, -0.1) is 0 Å². The van der Waals surface area contributed by atoms with Crippen LogP contribution in [0.3, 0.4) is 0 Å². The zero-order valence-corrected chi connectivity index (χ0v) is 18.4. The van der Waals surface area contributed by atoms with Crippen LogP contribution in [0.15, 0.2) is 36.5 Å². The fraction of sp³-hybridized carbons (Fsp3) is 0.333. The van der Waals surface area contributed by atoms with E-state index < -0.39 is 12.1 Å². The van der Waals surface area contributed by atoms with Crippen molar-refractivity contribution in [3.05, 3.63) is 42.1 Å². The summed E-state index contributed by atoms with van der Waals surface area (Å²) < 4.78 is 12.6. The van der Waals surface area contributed by atoms with Gasteiger partial charge in [-0.25, -0.2) is 9.78 Å². The molecule has 3 heterocycles. The number of pyridine rings is 1. The highest BCUT2D eigenvalue weighted by Gasteiger charge is 2.31. The van der Waals surface area contributed by atoms with E-state index >= 15 is 0 Å². The lowest BCUT2D eigenvalue weighted by molar-refractivity contribution is -0.135. The van der Waals surface area contributed by atoms with Gasteiger partial charge in [0.25, 0.3) is 0 Å². The molecule has 176 valence electrons. The minimum absolute atomic E-state index is 0.201. The fourth-order valence-electron chi connectivity index (χ4n) is 3.96. The largest absolute Gasteiger partial charge is 0.465 e. The van der Waals surface area contributed by atoms with Crippen LogP contribution in [-0.4, -0.2) is 65.5 Å². The monoisotopic (exact) mass is 464 g/mol. The van der Waals surface area contributed by atoms with Gasteiger partial charge in [0.15, 0.2) is 0 Å². The summed E-state index contributed by atoms with van der Waals surface area (Å²) in [4.78, 5) is 39.1. The number of nitrogens with one attached hydrogen (secondary N) is 2. The number of piperidine rings is 1. The molecular formula is C24H24N4O6. The number of ether oxygens (including phenoxy) is 2. The van der Waals surface area contributed by atoms with Gasteiger partial charge in [-0.1, -0.05) is 30.0 Å². The second kappa shape index (κ2) is 10.8. The molecule has 2 aromatic heterocycles. The van der Waals surface area contributed by atoms with E-state index in [1.54, 1.807) is 6.20 Å². The molecule has 4 rings (SSSR count). The van der Waals surface area contributed by atoms with Gasteiger partial charge in [0.05, 0.1) is 25.3 Å². The van der Waals surface area contributed by atoms with E-state index in [4.69, 9.17) is 14.6 Å². The molecule has 1 atom stereocenters. The lowest BCUT2D eigenvalue weighted by atomic mass is 10.1. The van der Waals surface area contributed by atoms with Crippen molar-refractivity contribution in [2.24, 2.45) is 0 Å². The summed E-state index contributed by atoms with van der Waals surface area (Å²) >= 11 is 0. The number of carboxylic acid groups (broad SMARTS) is 1. The van der Waals surface area contributed by atoms with Crippen LogP contribution >= 0.6 is 0 Å². The van der Waals surface area contributed by atoms with Crippen molar-refractivity contribution in [3.8, 4) is 11.8 Å². The number of carbonyl (C=O) groups is 3. The van der Waals surface area contributed by atoms with Crippen LogP contribution in [0.1, 0.15) is 24.4 Å². The topological polar surface area (TPSA) is 132 Å². The molecule has 0 radical (unpaired) electrons. The summed E-state index contributed by atoms with van der Waals surface area (Å²) in [6.07, 6.45) is 1.27. The Hall–Kier alpha value is -3.94. The summed E-state index contributed by atoms with van der Waals surface area (Å²) in [6, 6.07) is 9.05. The Bertz CT molecular complexity index is 1290. The van der Waals surface area contributed by atoms with Gasteiger partial charge in [-0.3, -0.25) is 14.9 Å². The van der Waals surface area contributed by atoms with Crippen LogP contribution in [0.25, 0.3) is 21.9 Å². The predicted molar refractivity (Wildman–Crippen MR) is 123 cm³/mol. The Kier molecular flexibility index (Phi) is 7.37. The number of hydrogen-bond acceptors (Lipinski definition) is 6. The molecule has 0 saturated carbocycles. The Balaban J connectivity index is 1.49. The number of aromatic nitrogens is 2. The molecule has 3 N–H and O–H groups in total. The zero-order valence-electron chi connectivity index (χ0n) is 18.4. The lowest BCUT2D eigenvalue weighted by Crippen LogP contribution is -2.41. The minimum Gasteiger partial charge on any atom is -0.465 e. The first-order valence-electron chi connectivity index (χ1n) is 10.9. The maximum absolute atomic E-state index is 12.6. The standard InChI is InChI=1S/C24H24N4O6/c29-20-8-7-19(23(30)27-20)28-18-6-2-1-5-17(18)21-16(9-10-25-22(21)28)4-3-12-33-14-15-34-13-11-26-24(31)32/h1-2,5-6,9-10,19,26H,7-8,11-15H2,(H,31,32)(H,27,29,30). The highest BCUT2D eigenvalue weighted by molar-refractivity contribution is 6.11. The Morgan fingerprint density at radius 1 is 1.21 bits per heavy atom. The Labute approximate surface area is 195 Å². The molecule has 3 aromatic rings. The molecule has 1 unspecified atom stereocenters. The van der Waals surface area contributed by atoms with E-state index in [1.807, 2.05) is 34.9 Å². The molecular weight excluding hydrogens is 440 g/mol. The van der Waals surface area contributed by atoms with Gasteiger partial charge in [0, 0.05) is 35.5 Å². The maximum atomic E-state index is 12.6. The molecule has 10 nitrogen and oxygen atoms in total. The lowest BCUT2D eigenvalue weighted by Gasteiger charge is -2.23. The fourth-order valence-corrected chi connectivity index (χ4v) is 3.96. The molecule has 0 bridgehead atoms. The highest BCUT2D eigenvalue weighted by Crippen LogP contribution is 2.34. The number of para-hydroxylation sites is 1. The second-order valence-corrected chi connectivity index (χ2v) is 7.61. The second-order valence-electron chi connectivity index (χ2n) is 7.61. The van der Waals surface area contributed by atoms with Crippen molar-refractivity contribution >= 4 is 39.8 Å². The Morgan fingerprint density at radius 3 is 2.85 bits per heavy atom. The Morgan fingerprint density at radius 2 is 2.03 bits per heavy atom. The number of benzene rings is 1. The number of carbonyl (C=O) groups excluding carboxylic acids is 2. The molecule has 3 amide bonds. The van der Waals surface area contributed by atoms with E-state index in [9.17, 15) is 14.4 Å². The van der Waals surface area contributed by atoms with Crippen LogP contribution in [-0.2, 0) is 19.1 Å². The molecule has 0 spiro atoms. The minimum atomic E-state index is -1.08. The molecule has 1 aromatic carbocycles. The SMILES string of the molecule is O=C(O)NCCOCCOCC#Cc1ccnc2c1c1ccccc1n2C1CCC(=O)NC1=O. The van der Waals surface area contributed by atoms with Crippen molar-refractivity contribution in [1.29, 1.82) is 0 Å². The van der Waals surface area contributed by atoms with E-state index in [-0.39, 0.29) is 38.0 Å². The third-order valence-corrected chi connectivity index (χ3v) is 5.41. The number of imide groups is 1. The molecule has 34 heavy (non-hydrogen) atoms. The quantitative estimate of drug-likeness (QED) is 0.263. The third kappa shape index (κ3) is 5.17. The van der Waals surface area contributed by atoms with Crippen LogP contribution in [0.5, 0.6) is 0 Å². The van der Waals surface area contributed by atoms with Gasteiger partial charge >= 0.3 is 6.09 Å². The molecule has 1 aliphatic rings. The molecule has 1 saturated heterocycles. The van der Waals surface area contributed by atoms with Crippen molar-refractivity contribution < 1.29 is 29.0 Å². The van der Waals surface area contributed by atoms with Gasteiger partial charge in [0.1, 0.15) is 18.3 Å². The molecule has 1 aliphatic heterocycles. The summed E-state index contributed by atoms with van der Waals surface area (Å²) in [7, 11) is 0. The average Bonchev–Trinajstić information content (AvgIpc) is 3.15. The van der Waals surface area contributed by atoms with E-state index in [0.29, 0.717) is 25.3 Å². The number of nitrogens with zero attached hydrogens (tertiary/aromatic N) is 2. The molecule has 1 fully saturated rings. The number of hydrogen-bond donors (Lipinski definition) is 3. The first-order valence-corrected chi connectivity index (χ1v) is 10.9. The maximum Gasteiger partial charge on any atom is 0.404 e. The zero-order chi connectivity index (χ0) is 23.9. The smallest absolute Gasteiger partial charge is 0.404 e. The average molecular weight is 464 g/mol. The number of amides is 3. The summed E-state index contributed by atoms with van der Waals surface area (Å²) in [5.74, 6) is 5.55. The van der Waals surface area contributed by atoms with Crippen molar-refractivity contribution in [1.82, 2.24) is 20.2 Å². The summed E-state index contributed by atoms with van der Waals surface area (Å²) in [6.45, 7) is 1.36. The van der Waals surface area contributed by atoms with Gasteiger partial charge in [-0.05, 0) is 18.6 Å². The number of rotatable bonds is 8. The third-order valence-electron chi connectivity index (χ3n) is 5.41. The van der Waals surface area contributed by atoms with Crippen LogP contribution in [0, 0.1) is 11.8 Å². The van der Waals surface area contributed by atoms with Crippen molar-refractivity contribution in [2.75, 3.05) is 33.0 Å². The van der Waals surface area contributed by atoms with Crippen LogP contribution in [0.2, 0.25) is 0 Å². The predicted octanol–water partition coefficient (Wildman–Crippen LogP) is 1.82. The van der Waals surface area contributed by atoms with E-state index in [1.165, 1.54) is 0 Å². The van der Waals surface area contributed by atoms with Gasteiger partial charge < -0.3 is 24.5 Å². The van der Waals surface area contributed by atoms with Crippen LogP contribution in [0.4, 0.5) is 4.79 Å². The highest BCUT2D eigenvalue weighted by atomic mass is 16.5. The van der Waals surface area contributed by atoms with E-state index in [0.717, 1.165) is 21.9 Å². The van der Waals surface area contributed by atoms with Gasteiger partial charge in [0.2, 0.25) is 11.8 Å². The molecule has 10 heteroatoms. The van der Waals surface area contributed by atoms with Gasteiger partial charge in [-0.2, -0.15) is 0 Å².